The Bertz CT molecular complexity index is 1090. The number of halogens is 6. The van der Waals surface area contributed by atoms with E-state index in [1.807, 2.05) is 31.2 Å². The van der Waals surface area contributed by atoms with Crippen LogP contribution in [-0.4, -0.2) is 48.2 Å². The van der Waals surface area contributed by atoms with Gasteiger partial charge in [-0.2, -0.15) is 31.6 Å². The van der Waals surface area contributed by atoms with Crippen LogP contribution in [0, 0.1) is 17.2 Å². The quantitative estimate of drug-likeness (QED) is 0.238. The number of hydrogen-bond donors (Lipinski definition) is 1. The Balaban J connectivity index is 1.96. The highest BCUT2D eigenvalue weighted by Crippen LogP contribution is 2.37. The summed E-state index contributed by atoms with van der Waals surface area (Å²) < 4.78 is 80.7. The Morgan fingerprint density at radius 3 is 2.17 bits per heavy atom. The van der Waals surface area contributed by atoms with Gasteiger partial charge in [0.25, 0.3) is 0 Å². The molecular formula is C30H38F6N4. The standard InChI is InChI=1S/C30H38F6N4/c1-4-6-11-24-16-25(28(38-21(24)3)40(5-2)19-22-9-7-8-10-22)20-39(13-12-37)18-23-14-26(29(31,32)33)17-27(15-23)30(34,35)36/h4,6,11,14-17,21-22,28,38H,5,7-10,13,18-20H2,1-3H3/b6-4-,24-11-. The molecule has 0 spiro atoms. The molecule has 40 heavy (non-hydrogen) atoms. The van der Waals surface area contributed by atoms with Gasteiger partial charge in [0, 0.05) is 25.7 Å². The summed E-state index contributed by atoms with van der Waals surface area (Å²) in [6.07, 6.45) is 2.60. The van der Waals surface area contributed by atoms with Crippen molar-refractivity contribution >= 4 is 0 Å². The number of allylic oxidation sites excluding steroid dienone is 3. The molecule has 2 aliphatic rings. The van der Waals surface area contributed by atoms with E-state index in [-0.39, 0.29) is 43.5 Å². The number of alkyl halides is 6. The van der Waals surface area contributed by atoms with Crippen molar-refractivity contribution in [2.75, 3.05) is 26.2 Å². The van der Waals surface area contributed by atoms with E-state index in [0.717, 1.165) is 36.4 Å². The van der Waals surface area contributed by atoms with Gasteiger partial charge < -0.3 is 0 Å². The number of nitrogens with zero attached hydrogens (tertiary/aromatic N) is 3. The van der Waals surface area contributed by atoms with Gasteiger partial charge in [0.15, 0.2) is 0 Å². The van der Waals surface area contributed by atoms with Gasteiger partial charge in [-0.05, 0) is 74.1 Å². The largest absolute Gasteiger partial charge is 0.416 e. The number of benzene rings is 1. The lowest BCUT2D eigenvalue weighted by Crippen LogP contribution is -2.55. The van der Waals surface area contributed by atoms with Crippen molar-refractivity contribution in [3.05, 3.63) is 70.3 Å². The second kappa shape index (κ2) is 13.8. The van der Waals surface area contributed by atoms with E-state index in [2.05, 4.69) is 30.1 Å². The second-order valence-electron chi connectivity index (χ2n) is 10.7. The smallest absolute Gasteiger partial charge is 0.292 e. The van der Waals surface area contributed by atoms with Crippen molar-refractivity contribution in [1.29, 1.82) is 5.26 Å². The van der Waals surface area contributed by atoms with Crippen molar-refractivity contribution in [2.45, 2.75) is 77.6 Å². The van der Waals surface area contributed by atoms with Crippen molar-refractivity contribution in [3.8, 4) is 6.07 Å². The van der Waals surface area contributed by atoms with Gasteiger partial charge in [0.05, 0.1) is 29.9 Å². The summed E-state index contributed by atoms with van der Waals surface area (Å²) >= 11 is 0. The molecule has 0 aromatic heterocycles. The van der Waals surface area contributed by atoms with Crippen LogP contribution in [0.3, 0.4) is 0 Å². The topological polar surface area (TPSA) is 42.3 Å². The molecule has 1 aromatic carbocycles. The van der Waals surface area contributed by atoms with Crippen molar-refractivity contribution in [1.82, 2.24) is 15.1 Å². The monoisotopic (exact) mass is 568 g/mol. The Morgan fingerprint density at radius 2 is 1.65 bits per heavy atom. The van der Waals surface area contributed by atoms with Crippen LogP contribution in [0.25, 0.3) is 0 Å². The molecule has 3 rings (SSSR count). The number of likely N-dealkylation sites (N-methyl/N-ethyl adjacent to an activating group) is 1. The molecule has 2 atom stereocenters. The second-order valence-corrected chi connectivity index (χ2v) is 10.7. The maximum atomic E-state index is 13.5. The average molecular weight is 569 g/mol. The summed E-state index contributed by atoms with van der Waals surface area (Å²) in [7, 11) is 0. The molecule has 1 aliphatic heterocycles. The first-order valence-electron chi connectivity index (χ1n) is 13.8. The molecule has 1 heterocycles. The van der Waals surface area contributed by atoms with Gasteiger partial charge in [-0.15, -0.1) is 0 Å². The zero-order valence-corrected chi connectivity index (χ0v) is 23.2. The summed E-state index contributed by atoms with van der Waals surface area (Å²) in [6, 6.07) is 3.67. The molecule has 0 radical (unpaired) electrons. The van der Waals surface area contributed by atoms with Crippen LogP contribution < -0.4 is 5.32 Å². The molecule has 4 nitrogen and oxygen atoms in total. The molecule has 1 N–H and O–H groups in total. The maximum Gasteiger partial charge on any atom is 0.416 e. The lowest BCUT2D eigenvalue weighted by Gasteiger charge is -2.41. The fraction of sp³-hybridized carbons (Fsp3) is 0.567. The Kier molecular flexibility index (Phi) is 11.0. The summed E-state index contributed by atoms with van der Waals surface area (Å²) in [5.41, 5.74) is -0.923. The molecule has 0 bridgehead atoms. The summed E-state index contributed by atoms with van der Waals surface area (Å²) in [5, 5.41) is 13.2. The van der Waals surface area contributed by atoms with Crippen LogP contribution in [-0.2, 0) is 18.9 Å². The van der Waals surface area contributed by atoms with Gasteiger partial charge in [-0.3, -0.25) is 15.1 Å². The third kappa shape index (κ3) is 8.69. The fourth-order valence-electron chi connectivity index (χ4n) is 5.57. The lowest BCUT2D eigenvalue weighted by molar-refractivity contribution is -0.143. The molecule has 1 fully saturated rings. The molecule has 0 saturated heterocycles. The van der Waals surface area contributed by atoms with Gasteiger partial charge in [-0.25, -0.2) is 0 Å². The number of hydrogen-bond acceptors (Lipinski definition) is 4. The number of rotatable bonds is 10. The Hall–Kier alpha value is -2.61. The van der Waals surface area contributed by atoms with E-state index >= 15 is 0 Å². The van der Waals surface area contributed by atoms with E-state index in [1.54, 1.807) is 4.90 Å². The SMILES string of the molecule is C/C=C\C=C1\C=C(CN(CC#N)Cc2cc(C(F)(F)F)cc(C(F)(F)F)c2)C(N(CC)CC2CCCC2)NC1C. The van der Waals surface area contributed by atoms with Gasteiger partial charge >= 0.3 is 12.4 Å². The van der Waals surface area contributed by atoms with Crippen LogP contribution >= 0.6 is 0 Å². The minimum atomic E-state index is -4.93. The minimum absolute atomic E-state index is 0.0322. The summed E-state index contributed by atoms with van der Waals surface area (Å²) in [6.45, 7) is 7.54. The molecule has 1 aromatic rings. The normalized spacial score (nSPS) is 22.1. The number of nitriles is 1. The van der Waals surface area contributed by atoms with E-state index in [1.165, 1.54) is 25.7 Å². The molecule has 220 valence electrons. The van der Waals surface area contributed by atoms with E-state index < -0.39 is 23.5 Å². The van der Waals surface area contributed by atoms with Crippen LogP contribution in [0.2, 0.25) is 0 Å². The lowest BCUT2D eigenvalue weighted by atomic mass is 9.95. The first-order chi connectivity index (χ1) is 18.8. The Morgan fingerprint density at radius 1 is 1.02 bits per heavy atom. The van der Waals surface area contributed by atoms with Crippen molar-refractivity contribution in [3.63, 3.8) is 0 Å². The minimum Gasteiger partial charge on any atom is -0.292 e. The molecular weight excluding hydrogens is 530 g/mol. The van der Waals surface area contributed by atoms with Crippen molar-refractivity contribution < 1.29 is 26.3 Å². The highest BCUT2D eigenvalue weighted by Gasteiger charge is 2.37. The van der Waals surface area contributed by atoms with Crippen LogP contribution in [0.4, 0.5) is 26.3 Å². The first-order valence-corrected chi connectivity index (χ1v) is 13.8. The molecule has 2 unspecified atom stereocenters. The zero-order chi connectivity index (χ0) is 29.5. The number of nitrogens with one attached hydrogen (secondary N) is 1. The third-order valence-electron chi connectivity index (χ3n) is 7.59. The van der Waals surface area contributed by atoms with Crippen LogP contribution in [0.1, 0.15) is 63.1 Å². The molecule has 10 heteroatoms. The predicted molar refractivity (Wildman–Crippen MR) is 144 cm³/mol. The Labute approximate surface area is 233 Å². The van der Waals surface area contributed by atoms with Crippen LogP contribution in [0.15, 0.2) is 53.6 Å². The van der Waals surface area contributed by atoms with Gasteiger partial charge in [0.1, 0.15) is 0 Å². The fourth-order valence-corrected chi connectivity index (χ4v) is 5.57. The van der Waals surface area contributed by atoms with E-state index in [4.69, 9.17) is 0 Å². The molecule has 0 amide bonds. The molecule has 1 aliphatic carbocycles. The van der Waals surface area contributed by atoms with Gasteiger partial charge in [0.2, 0.25) is 0 Å². The van der Waals surface area contributed by atoms with Crippen LogP contribution in [0.5, 0.6) is 0 Å². The molecule has 1 saturated carbocycles. The van der Waals surface area contributed by atoms with Crippen molar-refractivity contribution in [2.24, 2.45) is 5.92 Å². The zero-order valence-electron chi connectivity index (χ0n) is 23.2. The average Bonchev–Trinajstić information content (AvgIpc) is 3.39. The maximum absolute atomic E-state index is 13.5. The predicted octanol–water partition coefficient (Wildman–Crippen LogP) is 7.31. The van der Waals surface area contributed by atoms with E-state index in [0.29, 0.717) is 5.92 Å². The van der Waals surface area contributed by atoms with Gasteiger partial charge in [-0.1, -0.05) is 44.1 Å². The summed E-state index contributed by atoms with van der Waals surface area (Å²) in [5.74, 6) is 0.583. The third-order valence-corrected chi connectivity index (χ3v) is 7.59. The first kappa shape index (κ1) is 31.9. The highest BCUT2D eigenvalue weighted by molar-refractivity contribution is 5.38. The highest BCUT2D eigenvalue weighted by atomic mass is 19.4. The van der Waals surface area contributed by atoms with E-state index in [9.17, 15) is 31.6 Å². The summed E-state index contributed by atoms with van der Waals surface area (Å²) in [4.78, 5) is 3.95.